The Bertz CT molecular complexity index is 1040. The van der Waals surface area contributed by atoms with Gasteiger partial charge in [0.15, 0.2) is 11.5 Å². The number of hydrogen-bond acceptors (Lipinski definition) is 7. The number of carbonyl (C=O) groups excluding carboxylic acids is 1. The number of fused-ring (bicyclic) bond motifs is 1. The van der Waals surface area contributed by atoms with Crippen molar-refractivity contribution in [2.45, 2.75) is 6.92 Å². The van der Waals surface area contributed by atoms with Crippen LogP contribution in [-0.4, -0.2) is 27.3 Å². The van der Waals surface area contributed by atoms with Crippen LogP contribution in [0.1, 0.15) is 15.9 Å². The second kappa shape index (κ2) is 7.41. The first-order valence-electron chi connectivity index (χ1n) is 8.03. The number of methoxy groups -OCH3 is 3. The Hall–Kier alpha value is -3.48. The largest absolute Gasteiger partial charge is 0.493 e. The van der Waals surface area contributed by atoms with Crippen LogP contribution in [-0.2, 0) is 0 Å². The smallest absolute Gasteiger partial charge is 0.343 e. The van der Waals surface area contributed by atoms with Gasteiger partial charge in [-0.2, -0.15) is 0 Å². The van der Waals surface area contributed by atoms with Crippen molar-refractivity contribution in [3.63, 3.8) is 0 Å². The maximum Gasteiger partial charge on any atom is 0.343 e. The van der Waals surface area contributed by atoms with E-state index in [0.717, 1.165) is 5.56 Å². The molecule has 0 aliphatic carbocycles. The van der Waals surface area contributed by atoms with Crippen LogP contribution < -0.4 is 24.6 Å². The van der Waals surface area contributed by atoms with Crippen LogP contribution in [0.15, 0.2) is 45.6 Å². The van der Waals surface area contributed by atoms with Crippen molar-refractivity contribution in [2.75, 3.05) is 21.3 Å². The lowest BCUT2D eigenvalue weighted by atomic mass is 10.1. The van der Waals surface area contributed by atoms with Crippen LogP contribution in [0.5, 0.6) is 23.0 Å². The lowest BCUT2D eigenvalue weighted by Gasteiger charge is -2.13. The molecule has 140 valence electrons. The predicted molar refractivity (Wildman–Crippen MR) is 98.3 cm³/mol. The molecule has 7 heteroatoms. The van der Waals surface area contributed by atoms with Crippen molar-refractivity contribution in [1.29, 1.82) is 0 Å². The third kappa shape index (κ3) is 3.57. The Morgan fingerprint density at radius 3 is 2.19 bits per heavy atom. The lowest BCUT2D eigenvalue weighted by Crippen LogP contribution is -2.10. The minimum absolute atomic E-state index is 0.237. The van der Waals surface area contributed by atoms with Gasteiger partial charge in [-0.15, -0.1) is 0 Å². The fraction of sp³-hybridized carbons (Fsp3) is 0.200. The van der Waals surface area contributed by atoms with E-state index < -0.39 is 11.6 Å². The van der Waals surface area contributed by atoms with Crippen molar-refractivity contribution >= 4 is 16.9 Å². The molecule has 3 rings (SSSR count). The molecule has 0 aliphatic rings. The molecule has 0 atom stereocenters. The second-order valence-corrected chi connectivity index (χ2v) is 5.71. The van der Waals surface area contributed by atoms with Crippen molar-refractivity contribution < 1.29 is 28.2 Å². The van der Waals surface area contributed by atoms with Crippen LogP contribution in [0.2, 0.25) is 0 Å². The standard InChI is InChI=1S/C20H18O7/c1-11-7-18(21)27-15-6-5-13(10-14(11)15)26-20(22)12-8-16(23-2)19(25-4)17(9-12)24-3/h5-10H,1-4H3. The van der Waals surface area contributed by atoms with E-state index in [0.29, 0.717) is 34.0 Å². The lowest BCUT2D eigenvalue weighted by molar-refractivity contribution is 0.0734. The van der Waals surface area contributed by atoms with Gasteiger partial charge in [0.2, 0.25) is 5.75 Å². The molecule has 0 fully saturated rings. The summed E-state index contributed by atoms with van der Waals surface area (Å²) in [5.74, 6) is 0.801. The molecule has 27 heavy (non-hydrogen) atoms. The van der Waals surface area contributed by atoms with Gasteiger partial charge in [0.25, 0.3) is 0 Å². The molecule has 7 nitrogen and oxygen atoms in total. The highest BCUT2D eigenvalue weighted by atomic mass is 16.5. The quantitative estimate of drug-likeness (QED) is 0.387. The van der Waals surface area contributed by atoms with E-state index in [-0.39, 0.29) is 5.56 Å². The molecule has 0 saturated heterocycles. The van der Waals surface area contributed by atoms with E-state index in [2.05, 4.69) is 0 Å². The number of esters is 1. The number of hydrogen-bond donors (Lipinski definition) is 0. The molecule has 0 radical (unpaired) electrons. The van der Waals surface area contributed by atoms with Crippen molar-refractivity contribution in [3.05, 3.63) is 57.9 Å². The van der Waals surface area contributed by atoms with Crippen LogP contribution in [0.25, 0.3) is 11.0 Å². The topological polar surface area (TPSA) is 84.2 Å². The minimum atomic E-state index is -0.594. The summed E-state index contributed by atoms with van der Waals surface area (Å²) in [7, 11) is 4.41. The zero-order valence-electron chi connectivity index (χ0n) is 15.3. The third-order valence-electron chi connectivity index (χ3n) is 4.03. The highest BCUT2D eigenvalue weighted by Crippen LogP contribution is 2.38. The molecule has 0 amide bonds. The predicted octanol–water partition coefficient (Wildman–Crippen LogP) is 3.35. The Morgan fingerprint density at radius 1 is 0.926 bits per heavy atom. The number of ether oxygens (including phenoxy) is 4. The van der Waals surface area contributed by atoms with E-state index in [1.807, 2.05) is 0 Å². The third-order valence-corrected chi connectivity index (χ3v) is 4.03. The van der Waals surface area contributed by atoms with Gasteiger partial charge in [0.1, 0.15) is 11.3 Å². The van der Waals surface area contributed by atoms with Crippen molar-refractivity contribution in [3.8, 4) is 23.0 Å². The van der Waals surface area contributed by atoms with Gasteiger partial charge < -0.3 is 23.4 Å². The van der Waals surface area contributed by atoms with Gasteiger partial charge in [-0.25, -0.2) is 9.59 Å². The number of rotatable bonds is 5. The maximum atomic E-state index is 12.6. The zero-order valence-corrected chi connectivity index (χ0v) is 15.3. The summed E-state index contributed by atoms with van der Waals surface area (Å²) in [6.45, 7) is 1.78. The maximum absolute atomic E-state index is 12.6. The summed E-state index contributed by atoms with van der Waals surface area (Å²) in [6, 6.07) is 9.18. The average molecular weight is 370 g/mol. The Labute approximate surface area is 155 Å². The fourth-order valence-corrected chi connectivity index (χ4v) is 2.73. The minimum Gasteiger partial charge on any atom is -0.493 e. The van der Waals surface area contributed by atoms with E-state index >= 15 is 0 Å². The van der Waals surface area contributed by atoms with Crippen LogP contribution in [0.3, 0.4) is 0 Å². The van der Waals surface area contributed by atoms with Gasteiger partial charge in [0, 0.05) is 11.5 Å². The van der Waals surface area contributed by atoms with E-state index in [9.17, 15) is 9.59 Å². The molecule has 0 N–H and O–H groups in total. The molecule has 0 unspecified atom stereocenters. The average Bonchev–Trinajstić information content (AvgIpc) is 2.67. The molecular formula is C20H18O7. The molecule has 0 saturated carbocycles. The molecule has 2 aromatic carbocycles. The van der Waals surface area contributed by atoms with Crippen LogP contribution in [0, 0.1) is 6.92 Å². The van der Waals surface area contributed by atoms with Gasteiger partial charge >= 0.3 is 11.6 Å². The van der Waals surface area contributed by atoms with Gasteiger partial charge in [-0.1, -0.05) is 0 Å². The summed E-state index contributed by atoms with van der Waals surface area (Å²) in [5.41, 5.74) is 0.961. The Balaban J connectivity index is 1.95. The van der Waals surface area contributed by atoms with E-state index in [1.165, 1.54) is 39.5 Å². The van der Waals surface area contributed by atoms with Crippen LogP contribution in [0.4, 0.5) is 0 Å². The summed E-state index contributed by atoms with van der Waals surface area (Å²) < 4.78 is 26.3. The molecular weight excluding hydrogens is 352 g/mol. The van der Waals surface area contributed by atoms with Crippen molar-refractivity contribution in [1.82, 2.24) is 0 Å². The number of carbonyl (C=O) groups is 1. The first kappa shape index (κ1) is 18.3. The normalized spacial score (nSPS) is 10.5. The molecule has 0 spiro atoms. The molecule has 0 bridgehead atoms. The van der Waals surface area contributed by atoms with E-state index in [4.69, 9.17) is 23.4 Å². The SMILES string of the molecule is COc1cc(C(=O)Oc2ccc3oc(=O)cc(C)c3c2)cc(OC)c1OC. The summed E-state index contributed by atoms with van der Waals surface area (Å²) in [5, 5.41) is 0.685. The van der Waals surface area contributed by atoms with Crippen LogP contribution >= 0.6 is 0 Å². The zero-order chi connectivity index (χ0) is 19.6. The summed E-state index contributed by atoms with van der Waals surface area (Å²) >= 11 is 0. The van der Waals surface area contributed by atoms with Gasteiger partial charge in [-0.05, 0) is 42.8 Å². The Kier molecular flexibility index (Phi) is 5.03. The van der Waals surface area contributed by atoms with Gasteiger partial charge in [0.05, 0.1) is 26.9 Å². The molecule has 1 heterocycles. The number of aryl methyl sites for hydroxylation is 1. The summed E-state index contributed by atoms with van der Waals surface area (Å²) in [6.07, 6.45) is 0. The monoisotopic (exact) mass is 370 g/mol. The second-order valence-electron chi connectivity index (χ2n) is 5.71. The Morgan fingerprint density at radius 2 is 1.59 bits per heavy atom. The molecule has 1 aromatic heterocycles. The highest BCUT2D eigenvalue weighted by molar-refractivity contribution is 5.93. The van der Waals surface area contributed by atoms with E-state index in [1.54, 1.807) is 25.1 Å². The molecule has 3 aromatic rings. The fourth-order valence-electron chi connectivity index (χ4n) is 2.73. The molecule has 0 aliphatic heterocycles. The first-order valence-corrected chi connectivity index (χ1v) is 8.03. The highest BCUT2D eigenvalue weighted by Gasteiger charge is 2.18. The van der Waals surface area contributed by atoms with Gasteiger partial charge in [-0.3, -0.25) is 0 Å². The first-order chi connectivity index (χ1) is 13.0. The number of benzene rings is 2. The van der Waals surface area contributed by atoms with Crippen molar-refractivity contribution in [2.24, 2.45) is 0 Å². The summed E-state index contributed by atoms with van der Waals surface area (Å²) in [4.78, 5) is 24.0.